The maximum atomic E-state index is 11.3. The van der Waals surface area contributed by atoms with Crippen molar-refractivity contribution in [2.75, 3.05) is 13.2 Å². The fraction of sp³-hybridized carbons (Fsp3) is 0.900. The normalized spacial score (nSPS) is 23.4. The minimum absolute atomic E-state index is 0.0491. The van der Waals surface area contributed by atoms with Crippen LogP contribution >= 0.6 is 15.9 Å². The summed E-state index contributed by atoms with van der Waals surface area (Å²) in [7, 11) is 0. The van der Waals surface area contributed by atoms with Crippen molar-refractivity contribution in [1.29, 1.82) is 0 Å². The lowest BCUT2D eigenvalue weighted by atomic mass is 10.2. The molecular weight excluding hydrogens is 246 g/mol. The molecule has 1 N–H and O–H groups in total. The van der Waals surface area contributed by atoms with Gasteiger partial charge < -0.3 is 10.1 Å². The van der Waals surface area contributed by atoms with Crippen molar-refractivity contribution >= 4 is 21.8 Å². The Labute approximate surface area is 93.7 Å². The van der Waals surface area contributed by atoms with Crippen LogP contribution in [0.2, 0.25) is 0 Å². The van der Waals surface area contributed by atoms with Crippen molar-refractivity contribution in [3.8, 4) is 0 Å². The van der Waals surface area contributed by atoms with E-state index in [2.05, 4.69) is 21.2 Å². The quantitative estimate of drug-likeness (QED) is 0.769. The molecule has 0 saturated carbocycles. The van der Waals surface area contributed by atoms with Gasteiger partial charge in [0.25, 0.3) is 0 Å². The summed E-state index contributed by atoms with van der Waals surface area (Å²) in [5.41, 5.74) is 0. The van der Waals surface area contributed by atoms with E-state index in [1.165, 1.54) is 0 Å². The van der Waals surface area contributed by atoms with E-state index < -0.39 is 0 Å². The maximum Gasteiger partial charge on any atom is 0.233 e. The van der Waals surface area contributed by atoms with Crippen LogP contribution in [0, 0.1) is 0 Å². The first kappa shape index (κ1) is 12.0. The van der Waals surface area contributed by atoms with Crippen LogP contribution in [0.25, 0.3) is 0 Å². The molecule has 0 aliphatic carbocycles. The first-order valence-corrected chi connectivity index (χ1v) is 6.19. The molecule has 0 radical (unpaired) electrons. The molecule has 1 aliphatic heterocycles. The van der Waals surface area contributed by atoms with Crippen molar-refractivity contribution < 1.29 is 9.53 Å². The number of ether oxygens (including phenoxy) is 1. The summed E-state index contributed by atoms with van der Waals surface area (Å²) in [4.78, 5) is 11.3. The highest BCUT2D eigenvalue weighted by atomic mass is 79.9. The van der Waals surface area contributed by atoms with E-state index in [-0.39, 0.29) is 10.7 Å². The summed E-state index contributed by atoms with van der Waals surface area (Å²) >= 11 is 3.31. The molecule has 4 heteroatoms. The molecule has 0 bridgehead atoms. The first-order valence-electron chi connectivity index (χ1n) is 5.27. The third-order valence-corrected chi connectivity index (χ3v) is 3.50. The molecule has 1 heterocycles. The zero-order chi connectivity index (χ0) is 10.4. The number of carbonyl (C=O) groups is 1. The Morgan fingerprint density at radius 2 is 2.50 bits per heavy atom. The minimum atomic E-state index is -0.0491. The largest absolute Gasteiger partial charge is 0.378 e. The molecule has 0 aromatic carbocycles. The molecular formula is C10H18BrNO2. The van der Waals surface area contributed by atoms with E-state index in [1.807, 2.05) is 6.92 Å². The molecule has 0 spiro atoms. The van der Waals surface area contributed by atoms with Crippen molar-refractivity contribution in [2.45, 2.75) is 43.5 Å². The molecule has 2 atom stereocenters. The molecule has 1 saturated heterocycles. The van der Waals surface area contributed by atoms with E-state index in [4.69, 9.17) is 4.74 Å². The van der Waals surface area contributed by atoms with Gasteiger partial charge in [-0.1, -0.05) is 22.9 Å². The fourth-order valence-corrected chi connectivity index (χ4v) is 1.69. The Bertz CT molecular complexity index is 181. The average molecular weight is 264 g/mol. The second-order valence-corrected chi connectivity index (χ2v) is 4.70. The topological polar surface area (TPSA) is 38.3 Å². The van der Waals surface area contributed by atoms with Gasteiger partial charge >= 0.3 is 0 Å². The molecule has 0 aromatic heterocycles. The molecule has 1 aliphatic rings. The Balaban J connectivity index is 2.05. The van der Waals surface area contributed by atoms with Crippen LogP contribution in [0.15, 0.2) is 0 Å². The van der Waals surface area contributed by atoms with Gasteiger partial charge in [0.05, 0.1) is 10.9 Å². The van der Waals surface area contributed by atoms with Crippen LogP contribution in [0.1, 0.15) is 32.6 Å². The van der Waals surface area contributed by atoms with Crippen LogP contribution in [-0.4, -0.2) is 30.0 Å². The van der Waals surface area contributed by atoms with Gasteiger partial charge in [-0.2, -0.15) is 0 Å². The van der Waals surface area contributed by atoms with Crippen molar-refractivity contribution in [3.05, 3.63) is 0 Å². The molecule has 1 fully saturated rings. The molecule has 3 nitrogen and oxygen atoms in total. The summed E-state index contributed by atoms with van der Waals surface area (Å²) < 4.78 is 5.46. The van der Waals surface area contributed by atoms with Crippen LogP contribution in [0.3, 0.4) is 0 Å². The SMILES string of the molecule is CCC(Br)C(=O)NCCC1CCCO1. The van der Waals surface area contributed by atoms with Gasteiger partial charge in [0, 0.05) is 13.2 Å². The van der Waals surface area contributed by atoms with E-state index in [0.29, 0.717) is 6.10 Å². The molecule has 82 valence electrons. The number of nitrogens with one attached hydrogen (secondary N) is 1. The summed E-state index contributed by atoms with van der Waals surface area (Å²) in [6, 6.07) is 0. The monoisotopic (exact) mass is 263 g/mol. The van der Waals surface area contributed by atoms with Crippen molar-refractivity contribution in [3.63, 3.8) is 0 Å². The first-order chi connectivity index (χ1) is 6.74. The second-order valence-electron chi connectivity index (χ2n) is 3.59. The number of halogens is 1. The van der Waals surface area contributed by atoms with E-state index in [1.54, 1.807) is 0 Å². The number of hydrogen-bond donors (Lipinski definition) is 1. The number of hydrogen-bond acceptors (Lipinski definition) is 2. The second kappa shape index (κ2) is 6.40. The minimum Gasteiger partial charge on any atom is -0.378 e. The zero-order valence-corrected chi connectivity index (χ0v) is 10.2. The molecule has 1 amide bonds. The smallest absolute Gasteiger partial charge is 0.233 e. The Kier molecular flexibility index (Phi) is 5.48. The zero-order valence-electron chi connectivity index (χ0n) is 8.59. The lowest BCUT2D eigenvalue weighted by molar-refractivity contribution is -0.120. The van der Waals surface area contributed by atoms with Gasteiger partial charge in [0.2, 0.25) is 5.91 Å². The highest BCUT2D eigenvalue weighted by Gasteiger charge is 2.16. The van der Waals surface area contributed by atoms with E-state index in [9.17, 15) is 4.79 Å². The van der Waals surface area contributed by atoms with Crippen LogP contribution in [-0.2, 0) is 9.53 Å². The van der Waals surface area contributed by atoms with Gasteiger partial charge in [0.15, 0.2) is 0 Å². The summed E-state index contributed by atoms with van der Waals surface area (Å²) in [6.45, 7) is 3.60. The van der Waals surface area contributed by atoms with Gasteiger partial charge in [-0.25, -0.2) is 0 Å². The predicted molar refractivity (Wildman–Crippen MR) is 59.6 cm³/mol. The lowest BCUT2D eigenvalue weighted by Crippen LogP contribution is -2.32. The fourth-order valence-electron chi connectivity index (χ4n) is 1.52. The standard InChI is InChI=1S/C10H18BrNO2/c1-2-9(11)10(13)12-6-5-8-4-3-7-14-8/h8-9H,2-7H2,1H3,(H,12,13). The van der Waals surface area contributed by atoms with Crippen LogP contribution in [0.4, 0.5) is 0 Å². The number of alkyl halides is 1. The number of amides is 1. The van der Waals surface area contributed by atoms with Crippen molar-refractivity contribution in [1.82, 2.24) is 5.32 Å². The van der Waals surface area contributed by atoms with Crippen LogP contribution in [0.5, 0.6) is 0 Å². The summed E-state index contributed by atoms with van der Waals surface area (Å²) in [6.07, 6.45) is 4.43. The van der Waals surface area contributed by atoms with Crippen molar-refractivity contribution in [2.24, 2.45) is 0 Å². The Morgan fingerprint density at radius 1 is 1.71 bits per heavy atom. The van der Waals surface area contributed by atoms with Gasteiger partial charge in [-0.15, -0.1) is 0 Å². The van der Waals surface area contributed by atoms with Gasteiger partial charge in [-0.05, 0) is 25.7 Å². The third kappa shape index (κ3) is 3.96. The van der Waals surface area contributed by atoms with Crippen LogP contribution < -0.4 is 5.32 Å². The van der Waals surface area contributed by atoms with E-state index in [0.717, 1.165) is 38.8 Å². The summed E-state index contributed by atoms with van der Waals surface area (Å²) in [5, 5.41) is 2.89. The highest BCUT2D eigenvalue weighted by molar-refractivity contribution is 9.10. The summed E-state index contributed by atoms with van der Waals surface area (Å²) in [5.74, 6) is 0.0884. The highest BCUT2D eigenvalue weighted by Crippen LogP contribution is 2.14. The lowest BCUT2D eigenvalue weighted by Gasteiger charge is -2.11. The molecule has 2 unspecified atom stereocenters. The average Bonchev–Trinajstić information content (AvgIpc) is 2.69. The number of carbonyl (C=O) groups excluding carboxylic acids is 1. The number of rotatable bonds is 5. The Morgan fingerprint density at radius 3 is 3.07 bits per heavy atom. The molecule has 14 heavy (non-hydrogen) atoms. The third-order valence-electron chi connectivity index (χ3n) is 2.43. The van der Waals surface area contributed by atoms with Gasteiger partial charge in [0.1, 0.15) is 0 Å². The van der Waals surface area contributed by atoms with Gasteiger partial charge in [-0.3, -0.25) is 4.79 Å². The predicted octanol–water partition coefficient (Wildman–Crippen LogP) is 1.85. The molecule has 0 aromatic rings. The maximum absolute atomic E-state index is 11.3. The molecule has 1 rings (SSSR count). The Hall–Kier alpha value is -0.0900. The van der Waals surface area contributed by atoms with E-state index >= 15 is 0 Å².